The Kier molecular flexibility index (Phi) is 3.40. The summed E-state index contributed by atoms with van der Waals surface area (Å²) >= 11 is 0. The molecule has 0 radical (unpaired) electrons. The highest BCUT2D eigenvalue weighted by atomic mass is 16.3. The van der Waals surface area contributed by atoms with Gasteiger partial charge in [0.05, 0.1) is 11.3 Å². The summed E-state index contributed by atoms with van der Waals surface area (Å²) in [6.07, 6.45) is 0. The van der Waals surface area contributed by atoms with Gasteiger partial charge in [-0.25, -0.2) is 0 Å². The fourth-order valence-electron chi connectivity index (χ4n) is 2.42. The lowest BCUT2D eigenvalue weighted by Gasteiger charge is -2.05. The summed E-state index contributed by atoms with van der Waals surface area (Å²) < 4.78 is 5.67. The number of para-hydroxylation sites is 1. The first kappa shape index (κ1) is 13.9. The Bertz CT molecular complexity index is 916. The van der Waals surface area contributed by atoms with Gasteiger partial charge in [0.1, 0.15) is 11.7 Å². The lowest BCUT2D eigenvalue weighted by Crippen LogP contribution is -2.13. The minimum Gasteiger partial charge on any atom is -0.451 e. The molecule has 0 saturated heterocycles. The highest BCUT2D eigenvalue weighted by Gasteiger charge is 2.18. The number of nitriles is 1. The van der Waals surface area contributed by atoms with E-state index in [0.717, 1.165) is 16.5 Å². The number of benzene rings is 2. The van der Waals surface area contributed by atoms with Crippen molar-refractivity contribution in [2.45, 2.75) is 13.8 Å². The van der Waals surface area contributed by atoms with E-state index in [9.17, 15) is 4.79 Å². The molecule has 0 saturated carbocycles. The van der Waals surface area contributed by atoms with E-state index in [-0.39, 0.29) is 11.7 Å². The summed E-state index contributed by atoms with van der Waals surface area (Å²) in [5, 5.41) is 12.7. The van der Waals surface area contributed by atoms with E-state index < -0.39 is 0 Å². The Morgan fingerprint density at radius 1 is 1.18 bits per heavy atom. The largest absolute Gasteiger partial charge is 0.451 e. The Morgan fingerprint density at radius 3 is 2.73 bits per heavy atom. The van der Waals surface area contributed by atoms with Crippen LogP contribution in [-0.2, 0) is 0 Å². The monoisotopic (exact) mass is 290 g/mol. The van der Waals surface area contributed by atoms with E-state index in [1.165, 1.54) is 0 Å². The van der Waals surface area contributed by atoms with Gasteiger partial charge in [0.25, 0.3) is 5.91 Å². The van der Waals surface area contributed by atoms with Crippen LogP contribution in [0.3, 0.4) is 0 Å². The number of hydrogen-bond acceptors (Lipinski definition) is 3. The Morgan fingerprint density at radius 2 is 1.95 bits per heavy atom. The molecule has 0 spiro atoms. The fraction of sp³-hybridized carbons (Fsp3) is 0.111. The molecule has 1 heterocycles. The smallest absolute Gasteiger partial charge is 0.291 e. The lowest BCUT2D eigenvalue weighted by molar-refractivity contribution is 0.0998. The molecule has 2 aromatic carbocycles. The average Bonchev–Trinajstić information content (AvgIpc) is 2.85. The second-order valence-corrected chi connectivity index (χ2v) is 5.17. The van der Waals surface area contributed by atoms with Gasteiger partial charge in [-0.3, -0.25) is 4.79 Å². The van der Waals surface area contributed by atoms with Crippen LogP contribution in [0.5, 0.6) is 0 Å². The van der Waals surface area contributed by atoms with E-state index in [1.54, 1.807) is 24.3 Å². The van der Waals surface area contributed by atoms with Crippen molar-refractivity contribution in [3.63, 3.8) is 0 Å². The van der Waals surface area contributed by atoms with Gasteiger partial charge in [-0.1, -0.05) is 23.8 Å². The predicted octanol–water partition coefficient (Wildman–Crippen LogP) is 4.17. The van der Waals surface area contributed by atoms with Crippen molar-refractivity contribution in [1.29, 1.82) is 5.26 Å². The van der Waals surface area contributed by atoms with Crippen LogP contribution >= 0.6 is 0 Å². The summed E-state index contributed by atoms with van der Waals surface area (Å²) in [7, 11) is 0. The van der Waals surface area contributed by atoms with Crippen LogP contribution in [0.25, 0.3) is 11.0 Å². The number of anilines is 1. The molecule has 1 N–H and O–H groups in total. The van der Waals surface area contributed by atoms with Gasteiger partial charge in [-0.15, -0.1) is 0 Å². The fourth-order valence-corrected chi connectivity index (χ4v) is 2.42. The number of carbonyl (C=O) groups is 1. The third-order valence-electron chi connectivity index (χ3n) is 3.59. The number of hydrogen-bond donors (Lipinski definition) is 1. The second-order valence-electron chi connectivity index (χ2n) is 5.17. The van der Waals surface area contributed by atoms with E-state index in [0.29, 0.717) is 16.8 Å². The molecular formula is C18H14N2O2. The third-order valence-corrected chi connectivity index (χ3v) is 3.59. The molecule has 0 fully saturated rings. The summed E-state index contributed by atoms with van der Waals surface area (Å²) in [4.78, 5) is 12.4. The number of amides is 1. The first-order valence-corrected chi connectivity index (χ1v) is 6.90. The van der Waals surface area contributed by atoms with Crippen molar-refractivity contribution in [2.75, 3.05) is 5.32 Å². The summed E-state index contributed by atoms with van der Waals surface area (Å²) in [5.41, 5.74) is 3.48. The summed E-state index contributed by atoms with van der Waals surface area (Å²) in [5.74, 6) is -0.0811. The van der Waals surface area contributed by atoms with E-state index in [4.69, 9.17) is 9.68 Å². The highest BCUT2D eigenvalue weighted by Crippen LogP contribution is 2.27. The van der Waals surface area contributed by atoms with Crippen LogP contribution in [0.1, 0.15) is 27.2 Å². The zero-order valence-corrected chi connectivity index (χ0v) is 12.3. The van der Waals surface area contributed by atoms with Crippen molar-refractivity contribution in [3.8, 4) is 6.07 Å². The first-order valence-electron chi connectivity index (χ1n) is 6.90. The number of fused-ring (bicyclic) bond motifs is 1. The molecule has 3 rings (SSSR count). The van der Waals surface area contributed by atoms with Gasteiger partial charge in [0.2, 0.25) is 0 Å². The van der Waals surface area contributed by atoms with Gasteiger partial charge in [0.15, 0.2) is 5.76 Å². The van der Waals surface area contributed by atoms with Crippen molar-refractivity contribution in [1.82, 2.24) is 0 Å². The molecule has 0 aliphatic heterocycles. The van der Waals surface area contributed by atoms with Gasteiger partial charge in [-0.05, 0) is 38.1 Å². The van der Waals surface area contributed by atoms with E-state index in [1.807, 2.05) is 32.0 Å². The van der Waals surface area contributed by atoms with Crippen molar-refractivity contribution in [3.05, 3.63) is 64.9 Å². The van der Waals surface area contributed by atoms with Crippen LogP contribution in [0.2, 0.25) is 0 Å². The average molecular weight is 290 g/mol. The molecule has 0 aliphatic rings. The number of nitrogens with zero attached hydrogens (tertiary/aromatic N) is 1. The SMILES string of the molecule is Cc1ccc2oc(C(=O)Nc3ccccc3C#N)c(C)c2c1. The molecule has 1 amide bonds. The molecule has 4 nitrogen and oxygen atoms in total. The van der Waals surface area contributed by atoms with Gasteiger partial charge < -0.3 is 9.73 Å². The predicted molar refractivity (Wildman–Crippen MR) is 84.8 cm³/mol. The minimum absolute atomic E-state index is 0.272. The first-order chi connectivity index (χ1) is 10.6. The molecule has 3 aromatic rings. The molecule has 108 valence electrons. The number of furan rings is 1. The van der Waals surface area contributed by atoms with Crippen molar-refractivity contribution in [2.24, 2.45) is 0 Å². The van der Waals surface area contributed by atoms with Crippen molar-refractivity contribution < 1.29 is 9.21 Å². The maximum absolute atomic E-state index is 12.4. The molecule has 0 unspecified atom stereocenters. The number of aryl methyl sites for hydroxylation is 2. The van der Waals surface area contributed by atoms with Gasteiger partial charge >= 0.3 is 0 Å². The molecule has 0 bridgehead atoms. The Balaban J connectivity index is 1.99. The number of carbonyl (C=O) groups excluding carboxylic acids is 1. The molecular weight excluding hydrogens is 276 g/mol. The highest BCUT2D eigenvalue weighted by molar-refractivity contribution is 6.07. The summed E-state index contributed by atoms with van der Waals surface area (Å²) in [6, 6.07) is 14.7. The zero-order chi connectivity index (χ0) is 15.7. The topological polar surface area (TPSA) is 66.0 Å². The summed E-state index contributed by atoms with van der Waals surface area (Å²) in [6.45, 7) is 3.85. The van der Waals surface area contributed by atoms with Crippen molar-refractivity contribution >= 4 is 22.6 Å². The molecule has 0 aliphatic carbocycles. The number of rotatable bonds is 2. The normalized spacial score (nSPS) is 10.4. The van der Waals surface area contributed by atoms with E-state index in [2.05, 4.69) is 11.4 Å². The molecule has 22 heavy (non-hydrogen) atoms. The zero-order valence-electron chi connectivity index (χ0n) is 12.3. The maximum atomic E-state index is 12.4. The standard InChI is InChI=1S/C18H14N2O2/c1-11-7-8-16-14(9-11)12(2)17(22-16)18(21)20-15-6-4-3-5-13(15)10-19/h3-9H,1-2H3,(H,20,21). The Hall–Kier alpha value is -3.06. The van der Waals surface area contributed by atoms with E-state index >= 15 is 0 Å². The molecule has 0 atom stereocenters. The van der Waals surface area contributed by atoms with Crippen LogP contribution < -0.4 is 5.32 Å². The minimum atomic E-state index is -0.353. The van der Waals surface area contributed by atoms with Crippen LogP contribution in [-0.4, -0.2) is 5.91 Å². The van der Waals surface area contributed by atoms with Crippen LogP contribution in [0, 0.1) is 25.2 Å². The lowest BCUT2D eigenvalue weighted by atomic mass is 10.1. The maximum Gasteiger partial charge on any atom is 0.291 e. The molecule has 4 heteroatoms. The number of nitrogens with one attached hydrogen (secondary N) is 1. The second kappa shape index (κ2) is 5.38. The molecule has 1 aromatic heterocycles. The van der Waals surface area contributed by atoms with Crippen LogP contribution in [0.15, 0.2) is 46.9 Å². The Labute approximate surface area is 128 Å². The van der Waals surface area contributed by atoms with Gasteiger partial charge in [-0.2, -0.15) is 5.26 Å². The quantitative estimate of drug-likeness (QED) is 0.770. The van der Waals surface area contributed by atoms with Crippen LogP contribution in [0.4, 0.5) is 5.69 Å². The third kappa shape index (κ3) is 2.33. The van der Waals surface area contributed by atoms with Gasteiger partial charge in [0, 0.05) is 10.9 Å².